The Morgan fingerprint density at radius 1 is 1.08 bits per heavy atom. The second-order valence-corrected chi connectivity index (χ2v) is 21.7. The first-order valence-electron chi connectivity index (χ1n) is 22.2. The summed E-state index contributed by atoms with van der Waals surface area (Å²) in [5, 5.41) is 6.41. The Hall–Kier alpha value is -4.51. The Kier molecular flexibility index (Phi) is 13.2. The Bertz CT molecular complexity index is 2160. The number of ether oxygens (including phenoxy) is 3. The molecule has 1 unspecified atom stereocenters. The average molecular weight is 883 g/mol. The molecule has 2 bridgehead atoms. The lowest BCUT2D eigenvalue weighted by molar-refractivity contribution is -0.143. The number of benzene rings is 1. The molecule has 1 aromatic carbocycles. The van der Waals surface area contributed by atoms with Crippen LogP contribution in [-0.4, -0.2) is 121 Å². The van der Waals surface area contributed by atoms with Gasteiger partial charge in [-0.05, 0) is 88.7 Å². The van der Waals surface area contributed by atoms with Crippen LogP contribution in [0.3, 0.4) is 0 Å². The van der Waals surface area contributed by atoms with Crippen LogP contribution in [-0.2, 0) is 35.6 Å². The van der Waals surface area contributed by atoms with Gasteiger partial charge in [0, 0.05) is 31.4 Å². The molecule has 3 aliphatic heterocycles. The lowest BCUT2D eigenvalue weighted by Gasteiger charge is -2.36. The van der Waals surface area contributed by atoms with E-state index in [4.69, 9.17) is 19.2 Å². The largest absolute Gasteiger partial charge is 0.492 e. The van der Waals surface area contributed by atoms with Crippen molar-refractivity contribution >= 4 is 44.7 Å². The van der Waals surface area contributed by atoms with E-state index in [2.05, 4.69) is 26.8 Å². The fraction of sp³-hybridized carbons (Fsp3) is 0.667. The highest BCUT2D eigenvalue weighted by atomic mass is 32.2. The Morgan fingerprint density at radius 3 is 2.52 bits per heavy atom. The molecule has 1 aromatic heterocycles. The number of nitrogens with zero attached hydrogens (tertiary/aromatic N) is 3. The van der Waals surface area contributed by atoms with Gasteiger partial charge in [0.05, 0.1) is 29.0 Å². The second-order valence-electron chi connectivity index (χ2n) is 19.5. The fourth-order valence-electron chi connectivity index (χ4n) is 8.67. The van der Waals surface area contributed by atoms with Crippen LogP contribution >= 0.6 is 0 Å². The summed E-state index contributed by atoms with van der Waals surface area (Å²) in [6, 6.07) is 5.32. The maximum absolute atomic E-state index is 14.8. The molecule has 0 spiro atoms. The number of nitrogens with one attached hydrogen (secondary N) is 3. The van der Waals surface area contributed by atoms with E-state index in [1.807, 2.05) is 24.3 Å². The van der Waals surface area contributed by atoms with Crippen LogP contribution in [0, 0.1) is 11.3 Å². The van der Waals surface area contributed by atoms with Crippen LogP contribution in [0.15, 0.2) is 36.9 Å². The van der Waals surface area contributed by atoms with Gasteiger partial charge in [-0.2, -0.15) is 0 Å². The van der Waals surface area contributed by atoms with Crippen molar-refractivity contribution in [3.63, 3.8) is 0 Å². The predicted molar refractivity (Wildman–Crippen MR) is 231 cm³/mol. The van der Waals surface area contributed by atoms with Crippen molar-refractivity contribution in [3.8, 4) is 11.6 Å². The summed E-state index contributed by atoms with van der Waals surface area (Å²) in [4.78, 5) is 65.0. The molecule has 0 radical (unpaired) electrons. The number of alkyl halides is 1. The zero-order chi connectivity index (χ0) is 44.6. The van der Waals surface area contributed by atoms with Crippen molar-refractivity contribution in [2.75, 3.05) is 32.8 Å². The summed E-state index contributed by atoms with van der Waals surface area (Å²) in [5.74, 6) is -0.987. The molecule has 6 atom stereocenters. The molecule has 3 N–H and O–H groups in total. The van der Waals surface area contributed by atoms with Crippen molar-refractivity contribution in [2.24, 2.45) is 11.3 Å². The SMILES string of the molecule is C=CCC(C)(NC(=O)[C@@H]1C[C@@H]2CN1C(=O)[C@H](C(C)(C)C)NC(=O)O[C@@H]1C[C@H]1CCCCCc1c(nc3ccccc3c1OCCCN1CC(F)C1)O2)C(=O)NS(=O)(=O)C1(C)CC1. The third-order valence-corrected chi connectivity index (χ3v) is 15.2. The van der Waals surface area contributed by atoms with Crippen molar-refractivity contribution in [2.45, 2.75) is 146 Å². The lowest BCUT2D eigenvalue weighted by atomic mass is 9.85. The molecule has 2 aliphatic carbocycles. The molecule has 17 heteroatoms. The first kappa shape index (κ1) is 45.5. The van der Waals surface area contributed by atoms with Gasteiger partial charge in [0.15, 0.2) is 0 Å². The Labute approximate surface area is 364 Å². The minimum Gasteiger partial charge on any atom is -0.492 e. The third-order valence-electron chi connectivity index (χ3n) is 13.1. The van der Waals surface area contributed by atoms with Gasteiger partial charge in [-0.1, -0.05) is 51.8 Å². The molecule has 5 aliphatic rings. The number of hydrogen-bond donors (Lipinski definition) is 3. The molecule has 2 aromatic rings. The topological polar surface area (TPSA) is 186 Å². The van der Waals surface area contributed by atoms with E-state index in [9.17, 15) is 32.0 Å². The number of carbonyl (C=O) groups is 4. The monoisotopic (exact) mass is 882 g/mol. The average Bonchev–Trinajstić information content (AvgIpc) is 4.09. The number of para-hydroxylation sites is 1. The molecule has 340 valence electrons. The molecule has 7 rings (SSSR count). The molecule has 4 heterocycles. The Balaban J connectivity index is 1.22. The number of halogens is 1. The van der Waals surface area contributed by atoms with E-state index >= 15 is 0 Å². The number of fused-ring (bicyclic) bond motifs is 5. The summed E-state index contributed by atoms with van der Waals surface area (Å²) < 4.78 is 60.1. The molecule has 2 saturated carbocycles. The molecule has 4 amide bonds. The van der Waals surface area contributed by atoms with Crippen LogP contribution < -0.4 is 24.8 Å². The lowest BCUT2D eigenvalue weighted by Crippen LogP contribution is -2.63. The number of alkyl carbamates (subject to hydrolysis) is 1. The van der Waals surface area contributed by atoms with E-state index in [0.717, 1.165) is 43.1 Å². The van der Waals surface area contributed by atoms with Crippen LogP contribution in [0.5, 0.6) is 11.6 Å². The van der Waals surface area contributed by atoms with Crippen LogP contribution in [0.2, 0.25) is 0 Å². The van der Waals surface area contributed by atoms with Gasteiger partial charge < -0.3 is 29.7 Å². The summed E-state index contributed by atoms with van der Waals surface area (Å²) in [6.07, 6.45) is 5.09. The number of hydrogen-bond acceptors (Lipinski definition) is 11. The summed E-state index contributed by atoms with van der Waals surface area (Å²) in [7, 11) is -4.05. The number of pyridine rings is 1. The van der Waals surface area contributed by atoms with Crippen molar-refractivity contribution in [1.82, 2.24) is 30.1 Å². The minimum absolute atomic E-state index is 0.0136. The van der Waals surface area contributed by atoms with E-state index in [0.29, 0.717) is 69.1 Å². The van der Waals surface area contributed by atoms with Gasteiger partial charge in [-0.25, -0.2) is 22.6 Å². The molecule has 62 heavy (non-hydrogen) atoms. The van der Waals surface area contributed by atoms with E-state index in [1.165, 1.54) is 17.9 Å². The normalized spacial score (nSPS) is 26.7. The molecule has 15 nitrogen and oxygen atoms in total. The van der Waals surface area contributed by atoms with E-state index in [1.54, 1.807) is 27.7 Å². The van der Waals surface area contributed by atoms with E-state index < -0.39 is 73.9 Å². The number of rotatable bonds is 12. The third kappa shape index (κ3) is 10.1. The Morgan fingerprint density at radius 2 is 1.82 bits per heavy atom. The van der Waals surface area contributed by atoms with E-state index in [-0.39, 0.29) is 31.4 Å². The molecular weight excluding hydrogens is 820 g/mol. The maximum Gasteiger partial charge on any atom is 0.408 e. The van der Waals surface area contributed by atoms with Gasteiger partial charge >= 0.3 is 6.09 Å². The number of aromatic nitrogens is 1. The minimum atomic E-state index is -4.05. The van der Waals surface area contributed by atoms with Crippen molar-refractivity contribution in [3.05, 3.63) is 42.5 Å². The summed E-state index contributed by atoms with van der Waals surface area (Å²) in [6.45, 7) is 14.0. The fourth-order valence-corrected chi connectivity index (χ4v) is 10.0. The number of likely N-dealkylation sites (tertiary alicyclic amines) is 1. The van der Waals surface area contributed by atoms with Gasteiger partial charge in [-0.3, -0.25) is 24.0 Å². The zero-order valence-electron chi connectivity index (χ0n) is 36.7. The number of carbonyl (C=O) groups excluding carboxylic acids is 4. The zero-order valence-corrected chi connectivity index (χ0v) is 37.5. The quantitative estimate of drug-likeness (QED) is 0.190. The van der Waals surface area contributed by atoms with Crippen LogP contribution in [0.25, 0.3) is 10.9 Å². The first-order valence-corrected chi connectivity index (χ1v) is 23.6. The van der Waals surface area contributed by atoms with Crippen LogP contribution in [0.1, 0.15) is 104 Å². The molecule has 4 fully saturated rings. The first-order chi connectivity index (χ1) is 29.3. The van der Waals surface area contributed by atoms with Gasteiger partial charge in [0.2, 0.25) is 27.7 Å². The van der Waals surface area contributed by atoms with Crippen LogP contribution in [0.4, 0.5) is 9.18 Å². The van der Waals surface area contributed by atoms with Crippen molar-refractivity contribution in [1.29, 1.82) is 0 Å². The van der Waals surface area contributed by atoms with Gasteiger partial charge in [0.25, 0.3) is 5.91 Å². The maximum atomic E-state index is 14.8. The number of sulfonamides is 1. The van der Waals surface area contributed by atoms with Gasteiger partial charge in [-0.15, -0.1) is 6.58 Å². The van der Waals surface area contributed by atoms with Crippen molar-refractivity contribution < 1.29 is 46.2 Å². The standard InChI is InChI=1S/C45H63FN6O9S/c1-7-18-45(6,41(55)50-62(57,58)44(5)19-20-44)49-38(53)34-24-30-27-52(34)40(54)37(43(2,3)4)48-42(56)61-35-23-28(35)14-9-8-10-16-32-36(59-22-13-21-51-25-29(46)26-51)31-15-11-12-17-33(31)47-39(32)60-30/h7,11-12,15,17,28-30,34-35,37H,1,8-10,13-14,16,18-27H2,2-6H3,(H,48,56)(H,49,53)(H,50,55)/t28-,30-,34+,35-,37-,45?/m1/s1. The molecule has 2 saturated heterocycles. The van der Waals surface area contributed by atoms with Gasteiger partial charge in [0.1, 0.15) is 41.8 Å². The summed E-state index contributed by atoms with van der Waals surface area (Å²) in [5.41, 5.74) is -1.17. The highest BCUT2D eigenvalue weighted by Crippen LogP contribution is 2.43. The highest BCUT2D eigenvalue weighted by Gasteiger charge is 2.53. The smallest absolute Gasteiger partial charge is 0.408 e. The number of amides is 4. The molecular formula is C45H63FN6O9S. The highest BCUT2D eigenvalue weighted by molar-refractivity contribution is 7.91. The second kappa shape index (κ2) is 17.9. The summed E-state index contributed by atoms with van der Waals surface area (Å²) >= 11 is 0. The predicted octanol–water partition coefficient (Wildman–Crippen LogP) is 5.10.